The topological polar surface area (TPSA) is 24.9 Å². The first-order valence-electron chi connectivity index (χ1n) is 7.40. The van der Waals surface area contributed by atoms with Gasteiger partial charge in [-0.2, -0.15) is 0 Å². The maximum Gasteiger partial charge on any atom is 0.0541 e. The minimum absolute atomic E-state index is 0.617. The highest BCUT2D eigenvalue weighted by molar-refractivity contribution is 5.12. The fourth-order valence-electron chi connectivity index (χ4n) is 2.85. The monoisotopic (exact) mass is 246 g/mol. The SMILES string of the molecule is Cc1ccc(CN[C@H](C)C2CCCCCC2)nc1. The summed E-state index contributed by atoms with van der Waals surface area (Å²) in [6.45, 7) is 5.32. The fraction of sp³-hybridized carbons (Fsp3) is 0.688. The first kappa shape index (κ1) is 13.5. The van der Waals surface area contributed by atoms with E-state index in [9.17, 15) is 0 Å². The van der Waals surface area contributed by atoms with Crippen molar-refractivity contribution in [3.63, 3.8) is 0 Å². The first-order chi connectivity index (χ1) is 8.75. The van der Waals surface area contributed by atoms with Crippen molar-refractivity contribution in [1.29, 1.82) is 0 Å². The van der Waals surface area contributed by atoms with E-state index >= 15 is 0 Å². The van der Waals surface area contributed by atoms with Gasteiger partial charge in [-0.05, 0) is 44.2 Å². The van der Waals surface area contributed by atoms with Gasteiger partial charge in [0.1, 0.15) is 0 Å². The van der Waals surface area contributed by atoms with Crippen LogP contribution in [0.25, 0.3) is 0 Å². The predicted octanol–water partition coefficient (Wildman–Crippen LogP) is 3.84. The van der Waals surface area contributed by atoms with Crippen molar-refractivity contribution in [3.05, 3.63) is 29.6 Å². The van der Waals surface area contributed by atoms with Gasteiger partial charge in [-0.3, -0.25) is 4.98 Å². The minimum atomic E-state index is 0.617. The largest absolute Gasteiger partial charge is 0.308 e. The molecule has 2 nitrogen and oxygen atoms in total. The molecule has 0 aromatic carbocycles. The van der Waals surface area contributed by atoms with Gasteiger partial charge in [0.15, 0.2) is 0 Å². The van der Waals surface area contributed by atoms with Crippen molar-refractivity contribution in [2.75, 3.05) is 0 Å². The van der Waals surface area contributed by atoms with Crippen LogP contribution in [0.15, 0.2) is 18.3 Å². The Hall–Kier alpha value is -0.890. The number of rotatable bonds is 4. The van der Waals surface area contributed by atoms with Crippen LogP contribution in [0.1, 0.15) is 56.7 Å². The molecule has 2 heteroatoms. The third-order valence-corrected chi connectivity index (χ3v) is 4.18. The molecule has 1 saturated carbocycles. The molecule has 0 bridgehead atoms. The molecular formula is C16H26N2. The molecule has 0 aliphatic heterocycles. The average Bonchev–Trinajstić information content (AvgIpc) is 2.66. The van der Waals surface area contributed by atoms with Gasteiger partial charge in [0.05, 0.1) is 5.69 Å². The zero-order valence-corrected chi connectivity index (χ0v) is 11.8. The van der Waals surface area contributed by atoms with Crippen LogP contribution in [0.2, 0.25) is 0 Å². The van der Waals surface area contributed by atoms with Gasteiger partial charge in [-0.25, -0.2) is 0 Å². The van der Waals surface area contributed by atoms with Crippen LogP contribution >= 0.6 is 0 Å². The Morgan fingerprint density at radius 2 is 1.94 bits per heavy atom. The van der Waals surface area contributed by atoms with Gasteiger partial charge >= 0.3 is 0 Å². The van der Waals surface area contributed by atoms with Crippen LogP contribution in [0.5, 0.6) is 0 Å². The number of hydrogen-bond acceptors (Lipinski definition) is 2. The van der Waals surface area contributed by atoms with E-state index in [1.807, 2.05) is 6.20 Å². The predicted molar refractivity (Wildman–Crippen MR) is 76.5 cm³/mol. The summed E-state index contributed by atoms with van der Waals surface area (Å²) in [6, 6.07) is 4.88. The van der Waals surface area contributed by atoms with Gasteiger partial charge in [-0.1, -0.05) is 31.7 Å². The standard InChI is InChI=1S/C16H26N2/c1-13-9-10-16(18-11-13)12-17-14(2)15-7-5-3-4-6-8-15/h9-11,14-15,17H,3-8,12H2,1-2H3/t14-/m1/s1. The van der Waals surface area contributed by atoms with Crippen molar-refractivity contribution >= 4 is 0 Å². The van der Waals surface area contributed by atoms with Crippen LogP contribution in [-0.4, -0.2) is 11.0 Å². The Kier molecular flexibility index (Phi) is 5.18. The van der Waals surface area contributed by atoms with E-state index in [-0.39, 0.29) is 0 Å². The molecular weight excluding hydrogens is 220 g/mol. The summed E-state index contributed by atoms with van der Waals surface area (Å²) >= 11 is 0. The summed E-state index contributed by atoms with van der Waals surface area (Å²) in [6.07, 6.45) is 10.4. The number of nitrogens with zero attached hydrogens (tertiary/aromatic N) is 1. The summed E-state index contributed by atoms with van der Waals surface area (Å²) < 4.78 is 0. The maximum atomic E-state index is 4.45. The van der Waals surface area contributed by atoms with Crippen molar-refractivity contribution in [2.24, 2.45) is 5.92 Å². The van der Waals surface area contributed by atoms with Crippen LogP contribution < -0.4 is 5.32 Å². The highest BCUT2D eigenvalue weighted by Crippen LogP contribution is 2.25. The highest BCUT2D eigenvalue weighted by Gasteiger charge is 2.18. The molecule has 0 amide bonds. The molecule has 1 fully saturated rings. The van der Waals surface area contributed by atoms with E-state index in [0.717, 1.165) is 18.2 Å². The smallest absolute Gasteiger partial charge is 0.0541 e. The van der Waals surface area contributed by atoms with E-state index in [1.54, 1.807) is 0 Å². The number of aryl methyl sites for hydroxylation is 1. The third-order valence-electron chi connectivity index (χ3n) is 4.18. The van der Waals surface area contributed by atoms with Crippen molar-refractivity contribution in [1.82, 2.24) is 10.3 Å². The van der Waals surface area contributed by atoms with Crippen molar-refractivity contribution in [3.8, 4) is 0 Å². The van der Waals surface area contributed by atoms with Crippen LogP contribution in [0.4, 0.5) is 0 Å². The van der Waals surface area contributed by atoms with Gasteiger partial charge in [-0.15, -0.1) is 0 Å². The minimum Gasteiger partial charge on any atom is -0.308 e. The normalized spacial score (nSPS) is 19.4. The highest BCUT2D eigenvalue weighted by atomic mass is 14.9. The summed E-state index contributed by atoms with van der Waals surface area (Å²) in [5.41, 5.74) is 2.39. The van der Waals surface area contributed by atoms with E-state index in [1.165, 1.54) is 44.1 Å². The average molecular weight is 246 g/mol. The quantitative estimate of drug-likeness (QED) is 0.817. The van der Waals surface area contributed by atoms with Crippen LogP contribution in [0, 0.1) is 12.8 Å². The van der Waals surface area contributed by atoms with E-state index in [4.69, 9.17) is 0 Å². The molecule has 1 heterocycles. The van der Waals surface area contributed by atoms with Gasteiger partial charge in [0, 0.05) is 18.8 Å². The molecule has 0 saturated heterocycles. The molecule has 0 unspecified atom stereocenters. The zero-order valence-electron chi connectivity index (χ0n) is 11.8. The number of pyridine rings is 1. The molecule has 1 aliphatic rings. The van der Waals surface area contributed by atoms with Gasteiger partial charge in [0.25, 0.3) is 0 Å². The van der Waals surface area contributed by atoms with Crippen LogP contribution in [-0.2, 0) is 6.54 Å². The van der Waals surface area contributed by atoms with Gasteiger partial charge < -0.3 is 5.32 Å². The summed E-state index contributed by atoms with van der Waals surface area (Å²) in [4.78, 5) is 4.45. The molecule has 0 spiro atoms. The molecule has 0 radical (unpaired) electrons. The lowest BCUT2D eigenvalue weighted by Crippen LogP contribution is -2.33. The Bertz CT molecular complexity index is 337. The second kappa shape index (κ2) is 6.89. The molecule has 100 valence electrons. The summed E-state index contributed by atoms with van der Waals surface area (Å²) in [7, 11) is 0. The van der Waals surface area contributed by atoms with Crippen molar-refractivity contribution in [2.45, 2.75) is 65.0 Å². The molecule has 1 aliphatic carbocycles. The van der Waals surface area contributed by atoms with E-state index in [2.05, 4.69) is 36.3 Å². The number of hydrogen-bond donors (Lipinski definition) is 1. The molecule has 18 heavy (non-hydrogen) atoms. The molecule has 2 rings (SSSR count). The first-order valence-corrected chi connectivity index (χ1v) is 7.40. The van der Waals surface area contributed by atoms with Crippen LogP contribution in [0.3, 0.4) is 0 Å². The second-order valence-corrected chi connectivity index (χ2v) is 5.75. The number of nitrogens with one attached hydrogen (secondary N) is 1. The summed E-state index contributed by atoms with van der Waals surface area (Å²) in [5, 5.41) is 3.65. The molecule has 1 aromatic rings. The Morgan fingerprint density at radius 1 is 1.22 bits per heavy atom. The Balaban J connectivity index is 1.79. The lowest BCUT2D eigenvalue weighted by molar-refractivity contribution is 0.335. The molecule has 1 N–H and O–H groups in total. The number of aromatic nitrogens is 1. The lowest BCUT2D eigenvalue weighted by Gasteiger charge is -2.23. The molecule has 1 aromatic heterocycles. The summed E-state index contributed by atoms with van der Waals surface area (Å²) in [5.74, 6) is 0.859. The Morgan fingerprint density at radius 3 is 2.56 bits per heavy atom. The van der Waals surface area contributed by atoms with E-state index in [0.29, 0.717) is 6.04 Å². The fourth-order valence-corrected chi connectivity index (χ4v) is 2.85. The Labute approximate surface area is 111 Å². The van der Waals surface area contributed by atoms with E-state index < -0.39 is 0 Å². The van der Waals surface area contributed by atoms with Gasteiger partial charge in [0.2, 0.25) is 0 Å². The molecule has 1 atom stereocenters. The lowest BCUT2D eigenvalue weighted by atomic mass is 9.93. The van der Waals surface area contributed by atoms with Crippen molar-refractivity contribution < 1.29 is 0 Å². The zero-order chi connectivity index (χ0) is 12.8. The maximum absolute atomic E-state index is 4.45. The third kappa shape index (κ3) is 4.09. The second-order valence-electron chi connectivity index (χ2n) is 5.75.